The maximum absolute atomic E-state index is 4.03. The fourth-order valence-electron chi connectivity index (χ4n) is 1.79. The van der Waals surface area contributed by atoms with Crippen LogP contribution in [0, 0.1) is 0 Å². The van der Waals surface area contributed by atoms with Gasteiger partial charge in [-0.15, -0.1) is 0 Å². The fourth-order valence-corrected chi connectivity index (χ4v) is 1.79. The van der Waals surface area contributed by atoms with E-state index in [0.717, 1.165) is 19.6 Å². The van der Waals surface area contributed by atoms with Crippen LogP contribution in [0.15, 0.2) is 24.5 Å². The van der Waals surface area contributed by atoms with Gasteiger partial charge in [0.05, 0.1) is 0 Å². The molecule has 17 heavy (non-hydrogen) atoms. The van der Waals surface area contributed by atoms with E-state index >= 15 is 0 Å². The van der Waals surface area contributed by atoms with Gasteiger partial charge < -0.3 is 10.2 Å². The summed E-state index contributed by atoms with van der Waals surface area (Å²) in [6.07, 6.45) is 6.11. The second-order valence-corrected chi connectivity index (χ2v) is 4.74. The molecule has 0 radical (unpaired) electrons. The van der Waals surface area contributed by atoms with Gasteiger partial charge in [0.25, 0.3) is 0 Å². The quantitative estimate of drug-likeness (QED) is 0.749. The van der Waals surface area contributed by atoms with E-state index in [1.807, 2.05) is 12.4 Å². The molecule has 0 amide bonds. The van der Waals surface area contributed by atoms with Crippen molar-refractivity contribution < 1.29 is 0 Å². The van der Waals surface area contributed by atoms with Crippen LogP contribution in [0.3, 0.4) is 0 Å². The molecule has 3 heteroatoms. The summed E-state index contributed by atoms with van der Waals surface area (Å²) in [6, 6.07) is 4.76. The van der Waals surface area contributed by atoms with Crippen molar-refractivity contribution in [3.05, 3.63) is 30.1 Å². The third-order valence-corrected chi connectivity index (χ3v) is 2.89. The van der Waals surface area contributed by atoms with Crippen molar-refractivity contribution in [3.63, 3.8) is 0 Å². The number of nitrogens with one attached hydrogen (secondary N) is 1. The lowest BCUT2D eigenvalue weighted by Gasteiger charge is -2.20. The van der Waals surface area contributed by atoms with Crippen molar-refractivity contribution in [1.29, 1.82) is 0 Å². The maximum Gasteiger partial charge on any atom is 0.0271 e. The van der Waals surface area contributed by atoms with Crippen LogP contribution in [0.25, 0.3) is 0 Å². The van der Waals surface area contributed by atoms with Crippen LogP contribution >= 0.6 is 0 Å². The molecular weight excluding hydrogens is 210 g/mol. The van der Waals surface area contributed by atoms with Crippen LogP contribution in [0.4, 0.5) is 0 Å². The molecular formula is C14H25N3. The van der Waals surface area contributed by atoms with Crippen LogP contribution in [0.1, 0.15) is 32.3 Å². The molecule has 0 aromatic carbocycles. The standard InChI is InChI=1S/C14H25N3/c1-4-8-16-13(2)7-11-17(3)12-14-5-9-15-10-6-14/h5-6,9-10,13,16H,4,7-8,11-12H2,1-3H3. The molecule has 0 aliphatic heterocycles. The second kappa shape index (κ2) is 8.20. The van der Waals surface area contributed by atoms with Crippen molar-refractivity contribution in [2.75, 3.05) is 20.1 Å². The summed E-state index contributed by atoms with van der Waals surface area (Å²) in [4.78, 5) is 6.39. The number of pyridine rings is 1. The third-order valence-electron chi connectivity index (χ3n) is 2.89. The minimum Gasteiger partial charge on any atom is -0.314 e. The van der Waals surface area contributed by atoms with Crippen LogP contribution < -0.4 is 5.32 Å². The van der Waals surface area contributed by atoms with Crippen molar-refractivity contribution in [2.45, 2.75) is 39.3 Å². The van der Waals surface area contributed by atoms with Gasteiger partial charge >= 0.3 is 0 Å². The first-order valence-corrected chi connectivity index (χ1v) is 6.53. The molecule has 0 aliphatic rings. The molecule has 96 valence electrons. The average molecular weight is 235 g/mol. The van der Waals surface area contributed by atoms with Crippen LogP contribution in [-0.4, -0.2) is 36.1 Å². The van der Waals surface area contributed by atoms with E-state index in [-0.39, 0.29) is 0 Å². The zero-order valence-corrected chi connectivity index (χ0v) is 11.3. The van der Waals surface area contributed by atoms with Gasteiger partial charge in [-0.2, -0.15) is 0 Å². The van der Waals surface area contributed by atoms with Crippen LogP contribution in [0.5, 0.6) is 0 Å². The van der Waals surface area contributed by atoms with Crippen molar-refractivity contribution in [2.24, 2.45) is 0 Å². The summed E-state index contributed by atoms with van der Waals surface area (Å²) >= 11 is 0. The first-order valence-electron chi connectivity index (χ1n) is 6.53. The molecule has 1 aromatic rings. The highest BCUT2D eigenvalue weighted by Gasteiger charge is 2.04. The first-order chi connectivity index (χ1) is 8.22. The Hall–Kier alpha value is -0.930. The molecule has 1 N–H and O–H groups in total. The van der Waals surface area contributed by atoms with Gasteiger partial charge in [-0.05, 0) is 57.6 Å². The summed E-state index contributed by atoms with van der Waals surface area (Å²) < 4.78 is 0. The Kier molecular flexibility index (Phi) is 6.82. The lowest BCUT2D eigenvalue weighted by molar-refractivity contribution is 0.303. The van der Waals surface area contributed by atoms with Gasteiger partial charge in [-0.3, -0.25) is 4.98 Å². The molecule has 1 rings (SSSR count). The fraction of sp³-hybridized carbons (Fsp3) is 0.643. The lowest BCUT2D eigenvalue weighted by atomic mass is 10.2. The Morgan fingerprint density at radius 1 is 1.35 bits per heavy atom. The number of rotatable bonds is 8. The van der Waals surface area contributed by atoms with Crippen LogP contribution in [-0.2, 0) is 6.54 Å². The van der Waals surface area contributed by atoms with Gasteiger partial charge in [0.1, 0.15) is 0 Å². The van der Waals surface area contributed by atoms with E-state index < -0.39 is 0 Å². The van der Waals surface area contributed by atoms with E-state index in [9.17, 15) is 0 Å². The average Bonchev–Trinajstić information content (AvgIpc) is 2.35. The lowest BCUT2D eigenvalue weighted by Crippen LogP contribution is -2.31. The largest absolute Gasteiger partial charge is 0.314 e. The van der Waals surface area contributed by atoms with E-state index in [0.29, 0.717) is 6.04 Å². The number of hydrogen-bond acceptors (Lipinski definition) is 3. The highest BCUT2D eigenvalue weighted by atomic mass is 15.1. The molecule has 0 fully saturated rings. The Morgan fingerprint density at radius 3 is 2.71 bits per heavy atom. The molecule has 0 spiro atoms. The molecule has 0 saturated heterocycles. The molecule has 0 bridgehead atoms. The smallest absolute Gasteiger partial charge is 0.0271 e. The normalized spacial score (nSPS) is 12.9. The minimum absolute atomic E-state index is 0.606. The Labute approximate surface area is 105 Å². The zero-order chi connectivity index (χ0) is 12.5. The summed E-state index contributed by atoms with van der Waals surface area (Å²) in [6.45, 7) is 7.71. The van der Waals surface area contributed by atoms with Gasteiger partial charge in [-0.1, -0.05) is 6.92 Å². The first kappa shape index (κ1) is 14.1. The van der Waals surface area contributed by atoms with E-state index in [4.69, 9.17) is 0 Å². The monoisotopic (exact) mass is 235 g/mol. The molecule has 0 aliphatic carbocycles. The third kappa shape index (κ3) is 6.39. The minimum atomic E-state index is 0.606. The van der Waals surface area contributed by atoms with Gasteiger partial charge in [0, 0.05) is 25.0 Å². The SMILES string of the molecule is CCCNC(C)CCN(C)Cc1ccncc1. The van der Waals surface area contributed by atoms with Crippen LogP contribution in [0.2, 0.25) is 0 Å². The Morgan fingerprint density at radius 2 is 2.06 bits per heavy atom. The molecule has 1 atom stereocenters. The van der Waals surface area contributed by atoms with E-state index in [1.165, 1.54) is 18.4 Å². The molecule has 1 unspecified atom stereocenters. The number of aromatic nitrogens is 1. The summed E-state index contributed by atoms with van der Waals surface area (Å²) in [7, 11) is 2.17. The maximum atomic E-state index is 4.03. The van der Waals surface area contributed by atoms with Crippen molar-refractivity contribution >= 4 is 0 Å². The summed E-state index contributed by atoms with van der Waals surface area (Å²) in [5, 5.41) is 3.51. The molecule has 3 nitrogen and oxygen atoms in total. The predicted octanol–water partition coefficient (Wildman–Crippen LogP) is 2.29. The molecule has 1 heterocycles. The zero-order valence-electron chi connectivity index (χ0n) is 11.3. The van der Waals surface area contributed by atoms with Gasteiger partial charge in [0.15, 0.2) is 0 Å². The van der Waals surface area contributed by atoms with Crippen molar-refractivity contribution in [1.82, 2.24) is 15.2 Å². The number of nitrogens with zero attached hydrogens (tertiary/aromatic N) is 2. The number of hydrogen-bond donors (Lipinski definition) is 1. The Bertz CT molecular complexity index is 287. The van der Waals surface area contributed by atoms with E-state index in [2.05, 4.69) is 48.2 Å². The topological polar surface area (TPSA) is 28.2 Å². The summed E-state index contributed by atoms with van der Waals surface area (Å²) in [5.41, 5.74) is 1.33. The second-order valence-electron chi connectivity index (χ2n) is 4.74. The predicted molar refractivity (Wildman–Crippen MR) is 72.9 cm³/mol. The summed E-state index contributed by atoms with van der Waals surface area (Å²) in [5.74, 6) is 0. The van der Waals surface area contributed by atoms with E-state index in [1.54, 1.807) is 0 Å². The van der Waals surface area contributed by atoms with Gasteiger partial charge in [0.2, 0.25) is 0 Å². The highest BCUT2D eigenvalue weighted by molar-refractivity contribution is 5.09. The van der Waals surface area contributed by atoms with Crippen molar-refractivity contribution in [3.8, 4) is 0 Å². The van der Waals surface area contributed by atoms with Gasteiger partial charge in [-0.25, -0.2) is 0 Å². The molecule has 0 saturated carbocycles. The molecule has 1 aromatic heterocycles. The highest BCUT2D eigenvalue weighted by Crippen LogP contribution is 2.02. The Balaban J connectivity index is 2.19.